The number of nitrogens with zero attached hydrogens (tertiary/aromatic N) is 6. The molecule has 12 heteroatoms. The highest BCUT2D eigenvalue weighted by molar-refractivity contribution is 6.31. The highest BCUT2D eigenvalue weighted by Crippen LogP contribution is 2.27. The molecule has 0 saturated heterocycles. The number of halogens is 1. The molecule has 1 aromatic carbocycles. The molecule has 1 N–H and O–H groups in total. The Bertz CT molecular complexity index is 1120. The summed E-state index contributed by atoms with van der Waals surface area (Å²) in [7, 11) is 1.90. The fourth-order valence-corrected chi connectivity index (χ4v) is 3.50. The van der Waals surface area contributed by atoms with Crippen molar-refractivity contribution in [2.24, 2.45) is 0 Å². The Morgan fingerprint density at radius 3 is 2.68 bits per heavy atom. The largest absolute Gasteiger partial charge is 0.462 e. The van der Waals surface area contributed by atoms with Crippen LogP contribution in [0, 0.1) is 27.2 Å². The van der Waals surface area contributed by atoms with Gasteiger partial charge in [-0.3, -0.25) is 4.98 Å². The minimum atomic E-state index is -0.826. The molecule has 0 atom stereocenters. The van der Waals surface area contributed by atoms with Crippen molar-refractivity contribution in [2.75, 3.05) is 32.0 Å². The first-order valence-electron chi connectivity index (χ1n) is 9.60. The van der Waals surface area contributed by atoms with Crippen LogP contribution in [0.5, 0.6) is 0 Å². The third kappa shape index (κ3) is 5.25. The van der Waals surface area contributed by atoms with Crippen molar-refractivity contribution >= 4 is 39.8 Å². The van der Waals surface area contributed by atoms with Gasteiger partial charge in [-0.1, -0.05) is 11.6 Å². The van der Waals surface area contributed by atoms with E-state index >= 15 is 0 Å². The highest BCUT2D eigenvalue weighted by Gasteiger charge is 2.35. The van der Waals surface area contributed by atoms with Gasteiger partial charge in [-0.05, 0) is 54.1 Å². The van der Waals surface area contributed by atoms with Gasteiger partial charge in [0.25, 0.3) is 0 Å². The predicted molar refractivity (Wildman–Crippen MR) is 118 cm³/mol. The summed E-state index contributed by atoms with van der Waals surface area (Å²) in [5.41, 5.74) is 1.79. The molecule has 0 bridgehead atoms. The van der Waals surface area contributed by atoms with Gasteiger partial charge < -0.3 is 30.4 Å². The van der Waals surface area contributed by atoms with Gasteiger partial charge in [-0.15, -0.1) is 0 Å². The van der Waals surface area contributed by atoms with Crippen molar-refractivity contribution in [2.45, 2.75) is 19.9 Å². The summed E-state index contributed by atoms with van der Waals surface area (Å²) in [6.07, 6.45) is 2.56. The van der Waals surface area contributed by atoms with E-state index in [-0.39, 0.29) is 12.4 Å². The van der Waals surface area contributed by atoms with Crippen molar-refractivity contribution in [1.82, 2.24) is 19.4 Å². The molecule has 164 valence electrons. The van der Waals surface area contributed by atoms with Crippen LogP contribution in [0.1, 0.15) is 12.2 Å². The van der Waals surface area contributed by atoms with Crippen molar-refractivity contribution in [3.63, 3.8) is 0 Å². The maximum Gasteiger partial charge on any atom is 0.462 e. The standard InChI is InChI=1S/C19H22ClN7O4/c1-13-23-18(26(28)29)19(27(30)31)25(13)11-10-24(2)9-3-7-21-16-6-8-22-17-12-14(20)4-5-15(16)17/h4-6,8,12H,3,7,9-11H2,1-2H3,(H,21,22). The summed E-state index contributed by atoms with van der Waals surface area (Å²) in [6.45, 7) is 3.72. The van der Waals surface area contributed by atoms with Crippen LogP contribution in [0.2, 0.25) is 5.02 Å². The minimum absolute atomic E-state index is 0.239. The molecular formula is C19H22ClN7O4. The molecule has 0 amide bonds. The number of fused-ring (bicyclic) bond motifs is 1. The summed E-state index contributed by atoms with van der Waals surface area (Å²) >= 11 is 6.02. The van der Waals surface area contributed by atoms with E-state index in [4.69, 9.17) is 11.6 Å². The van der Waals surface area contributed by atoms with E-state index in [0.29, 0.717) is 11.6 Å². The second kappa shape index (κ2) is 9.67. The molecular weight excluding hydrogens is 426 g/mol. The molecule has 0 aliphatic heterocycles. The number of aryl methyl sites for hydroxylation is 1. The Morgan fingerprint density at radius 1 is 1.19 bits per heavy atom. The second-order valence-electron chi connectivity index (χ2n) is 7.08. The average Bonchev–Trinajstić information content (AvgIpc) is 3.06. The zero-order valence-electron chi connectivity index (χ0n) is 17.1. The van der Waals surface area contributed by atoms with Crippen LogP contribution in [-0.2, 0) is 6.54 Å². The molecule has 3 aromatic rings. The molecule has 0 aliphatic rings. The van der Waals surface area contributed by atoms with Crippen LogP contribution in [-0.4, -0.2) is 56.0 Å². The molecule has 0 unspecified atom stereocenters. The number of hydrogen-bond acceptors (Lipinski definition) is 8. The number of aromatic nitrogens is 3. The summed E-state index contributed by atoms with van der Waals surface area (Å²) in [5.74, 6) is -1.06. The number of benzene rings is 1. The van der Waals surface area contributed by atoms with Gasteiger partial charge in [-0.25, -0.2) is 0 Å². The smallest absolute Gasteiger partial charge is 0.384 e. The Hall–Kier alpha value is -3.31. The molecule has 0 saturated carbocycles. The third-order valence-corrected chi connectivity index (χ3v) is 5.14. The zero-order valence-corrected chi connectivity index (χ0v) is 17.9. The summed E-state index contributed by atoms with van der Waals surface area (Å²) < 4.78 is 1.28. The van der Waals surface area contributed by atoms with Gasteiger partial charge in [0.2, 0.25) is 0 Å². The van der Waals surface area contributed by atoms with E-state index in [1.807, 2.05) is 36.2 Å². The first-order valence-corrected chi connectivity index (χ1v) is 9.98. The van der Waals surface area contributed by atoms with E-state index in [1.165, 1.54) is 11.5 Å². The van der Waals surface area contributed by atoms with E-state index in [9.17, 15) is 20.2 Å². The van der Waals surface area contributed by atoms with Gasteiger partial charge in [-0.2, -0.15) is 4.57 Å². The second-order valence-corrected chi connectivity index (χ2v) is 7.51. The van der Waals surface area contributed by atoms with E-state index in [2.05, 4.69) is 15.3 Å². The number of imidazole rings is 1. The van der Waals surface area contributed by atoms with Crippen LogP contribution >= 0.6 is 11.6 Å². The first-order chi connectivity index (χ1) is 14.8. The molecule has 0 radical (unpaired) electrons. The van der Waals surface area contributed by atoms with Gasteiger partial charge in [0.15, 0.2) is 0 Å². The number of rotatable bonds is 10. The van der Waals surface area contributed by atoms with Crippen LogP contribution in [0.15, 0.2) is 30.5 Å². The minimum Gasteiger partial charge on any atom is -0.384 e. The van der Waals surface area contributed by atoms with Gasteiger partial charge in [0.05, 0.1) is 5.52 Å². The topological polar surface area (TPSA) is 132 Å². The van der Waals surface area contributed by atoms with Gasteiger partial charge >= 0.3 is 17.5 Å². The first kappa shape index (κ1) is 22.4. The lowest BCUT2D eigenvalue weighted by Gasteiger charge is -2.16. The lowest BCUT2D eigenvalue weighted by Crippen LogP contribution is -2.26. The monoisotopic (exact) mass is 447 g/mol. The van der Waals surface area contributed by atoms with Crippen molar-refractivity contribution in [3.05, 3.63) is 61.5 Å². The maximum absolute atomic E-state index is 11.3. The zero-order chi connectivity index (χ0) is 22.5. The van der Waals surface area contributed by atoms with Crippen LogP contribution < -0.4 is 5.32 Å². The predicted octanol–water partition coefficient (Wildman–Crippen LogP) is 3.64. The molecule has 2 aromatic heterocycles. The van der Waals surface area contributed by atoms with Crippen molar-refractivity contribution in [3.8, 4) is 0 Å². The number of pyridine rings is 1. The molecule has 3 rings (SSSR count). The summed E-state index contributed by atoms with van der Waals surface area (Å²) in [4.78, 5) is 30.8. The van der Waals surface area contributed by atoms with E-state index in [1.54, 1.807) is 6.20 Å². The highest BCUT2D eigenvalue weighted by atomic mass is 35.5. The maximum atomic E-state index is 11.3. The van der Waals surface area contributed by atoms with E-state index in [0.717, 1.165) is 36.1 Å². The molecule has 0 aliphatic carbocycles. The average molecular weight is 448 g/mol. The Kier molecular flexibility index (Phi) is 6.98. The lowest BCUT2D eigenvalue weighted by molar-refractivity contribution is -0.428. The summed E-state index contributed by atoms with van der Waals surface area (Å²) in [5, 5.41) is 27.3. The Labute approximate surface area is 183 Å². The third-order valence-electron chi connectivity index (χ3n) is 4.90. The molecule has 0 fully saturated rings. The van der Waals surface area contributed by atoms with Crippen LogP contribution in [0.4, 0.5) is 17.3 Å². The van der Waals surface area contributed by atoms with E-state index < -0.39 is 21.5 Å². The summed E-state index contributed by atoms with van der Waals surface area (Å²) in [6, 6.07) is 7.48. The normalized spacial score (nSPS) is 11.2. The molecule has 31 heavy (non-hydrogen) atoms. The number of nitrogens with one attached hydrogen (secondary N) is 1. The quantitative estimate of drug-likeness (QED) is 0.283. The Balaban J connectivity index is 1.52. The molecule has 2 heterocycles. The number of nitro groups is 2. The molecule has 11 nitrogen and oxygen atoms in total. The fourth-order valence-electron chi connectivity index (χ4n) is 3.34. The van der Waals surface area contributed by atoms with Gasteiger partial charge in [0.1, 0.15) is 6.54 Å². The van der Waals surface area contributed by atoms with Crippen molar-refractivity contribution < 1.29 is 9.85 Å². The van der Waals surface area contributed by atoms with Gasteiger partial charge in [0, 0.05) is 47.3 Å². The fraction of sp³-hybridized carbons (Fsp3) is 0.368. The molecule has 0 spiro atoms. The number of likely N-dealkylation sites (N-methyl/N-ethyl adjacent to an activating group) is 1. The number of anilines is 1. The van der Waals surface area contributed by atoms with Crippen LogP contribution in [0.25, 0.3) is 10.9 Å². The van der Waals surface area contributed by atoms with Crippen molar-refractivity contribution in [1.29, 1.82) is 0 Å². The SMILES string of the molecule is Cc1nc([N+](=O)[O-])c([N+](=O)[O-])n1CCN(C)CCCNc1ccnc2cc(Cl)ccc12. The lowest BCUT2D eigenvalue weighted by atomic mass is 10.2. The van der Waals surface area contributed by atoms with Crippen LogP contribution in [0.3, 0.4) is 0 Å². The Morgan fingerprint density at radius 2 is 1.97 bits per heavy atom. The number of hydrogen-bond donors (Lipinski definition) is 1.